The van der Waals surface area contributed by atoms with Crippen LogP contribution in [-0.2, 0) is 9.53 Å². The van der Waals surface area contributed by atoms with E-state index in [4.69, 9.17) is 9.72 Å². The molecular formula is C18H23N5O2. The Hall–Kier alpha value is -2.28. The number of aromatic nitrogens is 3. The molecule has 0 radical (unpaired) electrons. The zero-order valence-corrected chi connectivity index (χ0v) is 14.7. The summed E-state index contributed by atoms with van der Waals surface area (Å²) in [6.45, 7) is 4.63. The number of amides is 1. The van der Waals surface area contributed by atoms with E-state index in [1.807, 2.05) is 24.0 Å². The van der Waals surface area contributed by atoms with Crippen LogP contribution in [0.15, 0.2) is 18.3 Å². The summed E-state index contributed by atoms with van der Waals surface area (Å²) < 4.78 is 5.19. The van der Waals surface area contributed by atoms with Crippen LogP contribution in [0, 0.1) is 12.8 Å². The molecule has 2 aromatic rings. The van der Waals surface area contributed by atoms with Crippen LogP contribution < -0.4 is 4.90 Å². The third-order valence-electron chi connectivity index (χ3n) is 5.19. The van der Waals surface area contributed by atoms with Crippen molar-refractivity contribution < 1.29 is 9.53 Å². The van der Waals surface area contributed by atoms with Crippen molar-refractivity contribution in [3.05, 3.63) is 24.2 Å². The van der Waals surface area contributed by atoms with Crippen LogP contribution in [0.5, 0.6) is 0 Å². The molecule has 5 rings (SSSR count). The second-order valence-electron chi connectivity index (χ2n) is 6.83. The Morgan fingerprint density at radius 3 is 3.00 bits per heavy atom. The molecule has 7 heteroatoms. The van der Waals surface area contributed by atoms with Gasteiger partial charge in [0.1, 0.15) is 11.6 Å². The molecule has 0 aliphatic carbocycles. The Morgan fingerprint density at radius 1 is 1.28 bits per heavy atom. The van der Waals surface area contributed by atoms with Crippen LogP contribution >= 0.6 is 0 Å². The van der Waals surface area contributed by atoms with Crippen molar-refractivity contribution in [3.63, 3.8) is 0 Å². The Morgan fingerprint density at radius 2 is 2.16 bits per heavy atom. The maximum Gasteiger partial charge on any atom is 0.227 e. The lowest BCUT2D eigenvalue weighted by Gasteiger charge is -2.35. The van der Waals surface area contributed by atoms with E-state index >= 15 is 0 Å². The van der Waals surface area contributed by atoms with Crippen LogP contribution in [0.4, 0.5) is 5.82 Å². The van der Waals surface area contributed by atoms with Gasteiger partial charge in [-0.25, -0.2) is 15.0 Å². The molecule has 0 N–H and O–H groups in total. The van der Waals surface area contributed by atoms with Gasteiger partial charge < -0.3 is 14.5 Å². The van der Waals surface area contributed by atoms with Crippen molar-refractivity contribution in [1.82, 2.24) is 19.9 Å². The van der Waals surface area contributed by atoms with Gasteiger partial charge in [0.05, 0.1) is 17.9 Å². The minimum Gasteiger partial charge on any atom is -0.383 e. The molecule has 5 heterocycles. The molecule has 2 bridgehead atoms. The van der Waals surface area contributed by atoms with E-state index in [0.717, 1.165) is 30.6 Å². The topological polar surface area (TPSA) is 71.5 Å². The lowest BCUT2D eigenvalue weighted by atomic mass is 9.94. The van der Waals surface area contributed by atoms with Crippen molar-refractivity contribution in [2.24, 2.45) is 5.92 Å². The Bertz CT molecular complexity index is 796. The zero-order chi connectivity index (χ0) is 17.4. The van der Waals surface area contributed by atoms with Crippen molar-refractivity contribution >= 4 is 22.8 Å². The summed E-state index contributed by atoms with van der Waals surface area (Å²) in [6.07, 6.45) is 3.74. The fourth-order valence-corrected chi connectivity index (χ4v) is 3.99. The quantitative estimate of drug-likeness (QED) is 0.837. The number of fused-ring (bicyclic) bond motifs is 5. The first-order chi connectivity index (χ1) is 12.2. The molecule has 3 saturated heterocycles. The largest absolute Gasteiger partial charge is 0.383 e. The molecule has 3 fully saturated rings. The molecule has 0 aromatic carbocycles. The predicted molar refractivity (Wildman–Crippen MR) is 94.4 cm³/mol. The van der Waals surface area contributed by atoms with Gasteiger partial charge in [0, 0.05) is 39.0 Å². The molecule has 0 spiro atoms. The summed E-state index contributed by atoms with van der Waals surface area (Å²) in [7, 11) is 1.68. The number of carbonyl (C=O) groups excluding carboxylic acids is 1. The third kappa shape index (κ3) is 2.93. The van der Waals surface area contributed by atoms with Gasteiger partial charge in [0.2, 0.25) is 5.91 Å². The summed E-state index contributed by atoms with van der Waals surface area (Å²) in [6, 6.07) is 4.13. The first-order valence-corrected chi connectivity index (χ1v) is 8.81. The van der Waals surface area contributed by atoms with Crippen LogP contribution in [0.2, 0.25) is 0 Å². The van der Waals surface area contributed by atoms with Crippen molar-refractivity contribution in [1.29, 1.82) is 0 Å². The SMILES string of the molecule is COCCN1C(=O)[C@H]2CC[C@@H]1CN(c1nc(C)nc3ncccc13)C2. The number of hydrogen-bond acceptors (Lipinski definition) is 6. The highest BCUT2D eigenvalue weighted by molar-refractivity contribution is 5.88. The van der Waals surface area contributed by atoms with Gasteiger partial charge in [0.15, 0.2) is 5.65 Å². The van der Waals surface area contributed by atoms with Gasteiger partial charge in [-0.05, 0) is 31.9 Å². The summed E-state index contributed by atoms with van der Waals surface area (Å²) in [4.78, 5) is 30.6. The number of anilines is 1. The Labute approximate surface area is 147 Å². The smallest absolute Gasteiger partial charge is 0.227 e. The highest BCUT2D eigenvalue weighted by atomic mass is 16.5. The van der Waals surface area contributed by atoms with Crippen LogP contribution in [-0.4, -0.2) is 65.2 Å². The number of rotatable bonds is 4. The van der Waals surface area contributed by atoms with E-state index in [0.29, 0.717) is 31.2 Å². The number of pyridine rings is 1. The van der Waals surface area contributed by atoms with Gasteiger partial charge in [-0.15, -0.1) is 0 Å². The molecule has 1 amide bonds. The summed E-state index contributed by atoms with van der Waals surface area (Å²) in [5.74, 6) is 1.89. The fraction of sp³-hybridized carbons (Fsp3) is 0.556. The van der Waals surface area contributed by atoms with E-state index in [-0.39, 0.29) is 17.9 Å². The van der Waals surface area contributed by atoms with Crippen molar-refractivity contribution in [2.45, 2.75) is 25.8 Å². The highest BCUT2D eigenvalue weighted by Gasteiger charge is 2.41. The molecule has 7 nitrogen and oxygen atoms in total. The normalized spacial score (nSPS) is 23.4. The molecule has 2 atom stereocenters. The number of methoxy groups -OCH3 is 1. The summed E-state index contributed by atoms with van der Waals surface area (Å²) >= 11 is 0. The number of nitrogens with zero attached hydrogens (tertiary/aromatic N) is 5. The monoisotopic (exact) mass is 341 g/mol. The summed E-state index contributed by atoms with van der Waals surface area (Å²) in [5.41, 5.74) is 0.712. The molecular weight excluding hydrogens is 318 g/mol. The maximum absolute atomic E-state index is 12.8. The highest BCUT2D eigenvalue weighted by Crippen LogP contribution is 2.33. The predicted octanol–water partition coefficient (Wildman–Crippen LogP) is 1.41. The molecule has 2 aromatic heterocycles. The van der Waals surface area contributed by atoms with Gasteiger partial charge in [-0.3, -0.25) is 4.79 Å². The van der Waals surface area contributed by atoms with Gasteiger partial charge in [-0.2, -0.15) is 0 Å². The lowest BCUT2D eigenvalue weighted by Crippen LogP contribution is -2.49. The van der Waals surface area contributed by atoms with Crippen LogP contribution in [0.25, 0.3) is 11.0 Å². The summed E-state index contributed by atoms with van der Waals surface area (Å²) in [5, 5.41) is 0.949. The lowest BCUT2D eigenvalue weighted by molar-refractivity contribution is -0.140. The van der Waals surface area contributed by atoms with Gasteiger partial charge in [0.25, 0.3) is 0 Å². The first-order valence-electron chi connectivity index (χ1n) is 8.81. The molecule has 0 unspecified atom stereocenters. The average Bonchev–Trinajstić information content (AvgIpc) is 2.90. The molecule has 132 valence electrons. The van der Waals surface area contributed by atoms with Crippen LogP contribution in [0.3, 0.4) is 0 Å². The number of carbonyl (C=O) groups is 1. The van der Waals surface area contributed by atoms with E-state index in [1.165, 1.54) is 0 Å². The van der Waals surface area contributed by atoms with E-state index < -0.39 is 0 Å². The van der Waals surface area contributed by atoms with Gasteiger partial charge >= 0.3 is 0 Å². The standard InChI is InChI=1S/C18H23N5O2/c1-12-20-16-15(4-3-7-19-16)17(21-12)22-10-13-5-6-14(11-22)23(18(13)24)8-9-25-2/h3-4,7,13-14H,5-6,8-11H2,1-2H3/t13-,14+/m0/s1. The number of aryl methyl sites for hydroxylation is 1. The molecule has 3 aliphatic heterocycles. The fourth-order valence-electron chi connectivity index (χ4n) is 3.99. The molecule has 0 saturated carbocycles. The first kappa shape index (κ1) is 16.2. The Kier molecular flexibility index (Phi) is 4.25. The van der Waals surface area contributed by atoms with E-state index in [2.05, 4.69) is 14.9 Å². The second kappa shape index (κ2) is 6.55. The van der Waals surface area contributed by atoms with Crippen molar-refractivity contribution in [2.75, 3.05) is 38.3 Å². The van der Waals surface area contributed by atoms with E-state index in [9.17, 15) is 4.79 Å². The van der Waals surface area contributed by atoms with E-state index in [1.54, 1.807) is 13.3 Å². The number of hydrogen-bond donors (Lipinski definition) is 0. The maximum atomic E-state index is 12.8. The zero-order valence-electron chi connectivity index (χ0n) is 14.7. The molecule has 3 aliphatic rings. The average molecular weight is 341 g/mol. The second-order valence-corrected chi connectivity index (χ2v) is 6.83. The third-order valence-corrected chi connectivity index (χ3v) is 5.19. The van der Waals surface area contributed by atoms with Gasteiger partial charge in [-0.1, -0.05) is 0 Å². The number of piperidine rings is 1. The minimum atomic E-state index is 0.0256. The van der Waals surface area contributed by atoms with Crippen LogP contribution in [0.1, 0.15) is 18.7 Å². The minimum absolute atomic E-state index is 0.0256. The Balaban J connectivity index is 1.70. The number of ether oxygens (including phenoxy) is 1. The molecule has 25 heavy (non-hydrogen) atoms. The van der Waals surface area contributed by atoms with Crippen molar-refractivity contribution in [3.8, 4) is 0 Å².